The number of rotatable bonds is 8. The summed E-state index contributed by atoms with van der Waals surface area (Å²) in [5, 5.41) is 20.8. The zero-order valence-electron chi connectivity index (χ0n) is 12.1. The molecule has 0 amide bonds. The molecule has 1 aromatic rings. The molecule has 1 unspecified atom stereocenters. The van der Waals surface area contributed by atoms with Gasteiger partial charge >= 0.3 is 0 Å². The maximum atomic E-state index is 9.48. The number of aromatic hydroxyl groups is 2. The molecule has 0 heterocycles. The molecule has 0 fully saturated rings. The van der Waals surface area contributed by atoms with Gasteiger partial charge in [-0.15, -0.1) is 0 Å². The van der Waals surface area contributed by atoms with E-state index >= 15 is 0 Å². The second kappa shape index (κ2) is 8.02. The zero-order chi connectivity index (χ0) is 14.3. The fourth-order valence-corrected chi connectivity index (χ4v) is 2.15. The molecule has 1 atom stereocenters. The molecule has 0 aliphatic heterocycles. The van der Waals surface area contributed by atoms with E-state index in [1.807, 2.05) is 18.1 Å². The molecule has 0 spiro atoms. The Morgan fingerprint density at radius 1 is 1.21 bits per heavy atom. The number of hydroxylamine groups is 2. The lowest BCUT2D eigenvalue weighted by atomic mass is 10.0. The van der Waals surface area contributed by atoms with Crippen molar-refractivity contribution in [1.82, 2.24) is 5.06 Å². The Hall–Kier alpha value is -1.26. The molecule has 1 rings (SSSR count). The molecule has 1 aromatic carbocycles. The number of nitrogens with zero attached hydrogens (tertiary/aromatic N) is 1. The zero-order valence-corrected chi connectivity index (χ0v) is 12.1. The van der Waals surface area contributed by atoms with Crippen LogP contribution in [-0.4, -0.2) is 35.0 Å². The van der Waals surface area contributed by atoms with Gasteiger partial charge in [-0.05, 0) is 43.4 Å². The van der Waals surface area contributed by atoms with Gasteiger partial charge in [-0.25, -0.2) is 0 Å². The molecule has 0 bridgehead atoms. The lowest BCUT2D eigenvalue weighted by Gasteiger charge is -2.24. The summed E-state index contributed by atoms with van der Waals surface area (Å²) in [6.07, 6.45) is 1.91. The van der Waals surface area contributed by atoms with Gasteiger partial charge in [0.25, 0.3) is 0 Å². The van der Waals surface area contributed by atoms with Crippen molar-refractivity contribution >= 4 is 0 Å². The van der Waals surface area contributed by atoms with Gasteiger partial charge in [-0.1, -0.05) is 19.9 Å². The van der Waals surface area contributed by atoms with Crippen LogP contribution in [0.1, 0.15) is 32.8 Å². The second-order valence-electron chi connectivity index (χ2n) is 4.94. The summed E-state index contributed by atoms with van der Waals surface area (Å²) in [5.74, 6) is 0.292. The van der Waals surface area contributed by atoms with Crippen LogP contribution in [0.25, 0.3) is 0 Å². The molecule has 0 aromatic heterocycles. The number of phenolic OH excluding ortho intramolecular Hbond substituents is 2. The highest BCUT2D eigenvalue weighted by atomic mass is 16.7. The van der Waals surface area contributed by atoms with Crippen LogP contribution in [0.2, 0.25) is 0 Å². The largest absolute Gasteiger partial charge is 0.504 e. The van der Waals surface area contributed by atoms with E-state index in [1.165, 1.54) is 6.07 Å². The van der Waals surface area contributed by atoms with Crippen molar-refractivity contribution in [2.45, 2.75) is 33.6 Å². The van der Waals surface area contributed by atoms with Crippen molar-refractivity contribution in [2.75, 3.05) is 19.7 Å². The molecule has 4 heteroatoms. The van der Waals surface area contributed by atoms with E-state index in [0.29, 0.717) is 12.5 Å². The molecule has 0 saturated heterocycles. The smallest absolute Gasteiger partial charge is 0.157 e. The van der Waals surface area contributed by atoms with Gasteiger partial charge in [0, 0.05) is 13.1 Å². The highest BCUT2D eigenvalue weighted by Gasteiger charge is 2.11. The Bertz CT molecular complexity index is 376. The molecule has 2 N–H and O–H groups in total. The van der Waals surface area contributed by atoms with Crippen LogP contribution in [0.5, 0.6) is 11.5 Å². The average Bonchev–Trinajstić information content (AvgIpc) is 2.34. The fraction of sp³-hybridized carbons (Fsp3) is 0.600. The van der Waals surface area contributed by atoms with Crippen LogP contribution in [0.15, 0.2) is 18.2 Å². The number of benzene rings is 1. The first kappa shape index (κ1) is 15.8. The van der Waals surface area contributed by atoms with E-state index in [0.717, 1.165) is 31.5 Å². The molecule has 0 saturated carbocycles. The number of hydrogen-bond donors (Lipinski definition) is 2. The monoisotopic (exact) mass is 267 g/mol. The van der Waals surface area contributed by atoms with Gasteiger partial charge in [0.15, 0.2) is 11.5 Å². The van der Waals surface area contributed by atoms with Crippen LogP contribution in [0, 0.1) is 5.92 Å². The molecule has 4 nitrogen and oxygen atoms in total. The van der Waals surface area contributed by atoms with Gasteiger partial charge in [0.1, 0.15) is 0 Å². The maximum absolute atomic E-state index is 9.48. The van der Waals surface area contributed by atoms with Crippen molar-refractivity contribution < 1.29 is 15.1 Å². The standard InChI is InChI=1S/C15H25NO3/c1-4-8-16(19-5-2)11-12(3)9-13-6-7-14(17)15(18)10-13/h6-7,10,12,17-18H,4-5,8-9,11H2,1-3H3. The first-order valence-electron chi connectivity index (χ1n) is 6.95. The molecule has 108 valence electrons. The quantitative estimate of drug-likeness (QED) is 0.561. The third-order valence-corrected chi connectivity index (χ3v) is 2.92. The first-order valence-corrected chi connectivity index (χ1v) is 6.95. The highest BCUT2D eigenvalue weighted by Crippen LogP contribution is 2.26. The van der Waals surface area contributed by atoms with Crippen molar-refractivity contribution in [3.63, 3.8) is 0 Å². The number of hydrogen-bond acceptors (Lipinski definition) is 4. The molecular weight excluding hydrogens is 242 g/mol. The Kier molecular flexibility index (Phi) is 6.67. The predicted molar refractivity (Wildman–Crippen MR) is 76.1 cm³/mol. The van der Waals surface area contributed by atoms with E-state index in [1.54, 1.807) is 6.07 Å². The number of phenols is 2. The van der Waals surface area contributed by atoms with E-state index in [-0.39, 0.29) is 11.5 Å². The minimum absolute atomic E-state index is 0.0556. The van der Waals surface area contributed by atoms with Crippen molar-refractivity contribution in [1.29, 1.82) is 0 Å². The summed E-state index contributed by atoms with van der Waals surface area (Å²) < 4.78 is 0. The Morgan fingerprint density at radius 3 is 2.53 bits per heavy atom. The highest BCUT2D eigenvalue weighted by molar-refractivity contribution is 5.40. The van der Waals surface area contributed by atoms with E-state index < -0.39 is 0 Å². The van der Waals surface area contributed by atoms with Crippen molar-refractivity contribution in [2.24, 2.45) is 5.92 Å². The topological polar surface area (TPSA) is 52.9 Å². The Labute approximate surface area is 115 Å². The summed E-state index contributed by atoms with van der Waals surface area (Å²) in [4.78, 5) is 5.58. The van der Waals surface area contributed by atoms with E-state index in [9.17, 15) is 10.2 Å². The molecular formula is C15H25NO3. The lowest BCUT2D eigenvalue weighted by Crippen LogP contribution is -2.30. The lowest BCUT2D eigenvalue weighted by molar-refractivity contribution is -0.161. The van der Waals surface area contributed by atoms with Crippen molar-refractivity contribution in [3.05, 3.63) is 23.8 Å². The Balaban J connectivity index is 2.52. The minimum atomic E-state index is -0.0710. The molecule has 0 aliphatic rings. The Morgan fingerprint density at radius 2 is 1.95 bits per heavy atom. The summed E-state index contributed by atoms with van der Waals surface area (Å²) >= 11 is 0. The normalized spacial score (nSPS) is 12.8. The van der Waals surface area contributed by atoms with Gasteiger partial charge in [0.05, 0.1) is 6.61 Å². The van der Waals surface area contributed by atoms with Crippen LogP contribution >= 0.6 is 0 Å². The average molecular weight is 267 g/mol. The van der Waals surface area contributed by atoms with E-state index in [4.69, 9.17) is 4.84 Å². The second-order valence-corrected chi connectivity index (χ2v) is 4.94. The SMILES string of the molecule is CCCN(CC(C)Cc1ccc(O)c(O)c1)OCC. The molecule has 0 aliphatic carbocycles. The summed E-state index contributed by atoms with van der Waals surface area (Å²) in [5.41, 5.74) is 1.02. The van der Waals surface area contributed by atoms with Gasteiger partial charge in [-0.3, -0.25) is 4.84 Å². The van der Waals surface area contributed by atoms with Crippen LogP contribution in [-0.2, 0) is 11.3 Å². The van der Waals surface area contributed by atoms with Gasteiger partial charge in [0.2, 0.25) is 0 Å². The van der Waals surface area contributed by atoms with Crippen LogP contribution < -0.4 is 0 Å². The third-order valence-electron chi connectivity index (χ3n) is 2.92. The summed E-state index contributed by atoms with van der Waals surface area (Å²) in [6, 6.07) is 5.00. The van der Waals surface area contributed by atoms with Gasteiger partial charge < -0.3 is 10.2 Å². The van der Waals surface area contributed by atoms with Crippen LogP contribution in [0.4, 0.5) is 0 Å². The first-order chi connectivity index (χ1) is 9.06. The van der Waals surface area contributed by atoms with Gasteiger partial charge in [-0.2, -0.15) is 5.06 Å². The molecule has 0 radical (unpaired) electrons. The van der Waals surface area contributed by atoms with Crippen molar-refractivity contribution in [3.8, 4) is 11.5 Å². The fourth-order valence-electron chi connectivity index (χ4n) is 2.15. The predicted octanol–water partition coefficient (Wildman–Crippen LogP) is 2.94. The maximum Gasteiger partial charge on any atom is 0.157 e. The van der Waals surface area contributed by atoms with E-state index in [2.05, 4.69) is 13.8 Å². The third kappa shape index (κ3) is 5.49. The van der Waals surface area contributed by atoms with Crippen LogP contribution in [0.3, 0.4) is 0 Å². The summed E-state index contributed by atoms with van der Waals surface area (Å²) in [6.45, 7) is 8.76. The summed E-state index contributed by atoms with van der Waals surface area (Å²) in [7, 11) is 0. The molecule has 19 heavy (non-hydrogen) atoms. The minimum Gasteiger partial charge on any atom is -0.504 e.